The van der Waals surface area contributed by atoms with E-state index in [-0.39, 0.29) is 6.54 Å². The number of hydrogen-bond acceptors (Lipinski definition) is 3. The number of aliphatic hydroxyl groups is 1. The third-order valence-corrected chi connectivity index (χ3v) is 5.33. The van der Waals surface area contributed by atoms with E-state index in [1.807, 2.05) is 19.1 Å². The minimum atomic E-state index is -3.47. The fourth-order valence-electron chi connectivity index (χ4n) is 2.26. The molecule has 0 bridgehead atoms. The second kappa shape index (κ2) is 4.99. The maximum atomic E-state index is 12.5. The maximum Gasteiger partial charge on any atom is 0.243 e. The molecule has 0 radical (unpaired) electrons. The van der Waals surface area contributed by atoms with Crippen LogP contribution in [0.4, 0.5) is 0 Å². The van der Waals surface area contributed by atoms with Crippen molar-refractivity contribution in [3.8, 4) is 0 Å². The lowest BCUT2D eigenvalue weighted by Crippen LogP contribution is -2.42. The van der Waals surface area contributed by atoms with Gasteiger partial charge in [-0.2, -0.15) is 4.31 Å². The minimum Gasteiger partial charge on any atom is -0.392 e. The fourth-order valence-corrected chi connectivity index (χ4v) is 4.09. The third kappa shape index (κ3) is 2.58. The molecule has 1 atom stereocenters. The van der Waals surface area contributed by atoms with E-state index < -0.39 is 16.1 Å². The van der Waals surface area contributed by atoms with Gasteiger partial charge in [0.1, 0.15) is 0 Å². The van der Waals surface area contributed by atoms with Gasteiger partial charge in [0.25, 0.3) is 0 Å². The molecule has 0 spiro atoms. The first kappa shape index (κ1) is 13.5. The quantitative estimate of drug-likeness (QED) is 0.884. The van der Waals surface area contributed by atoms with E-state index in [1.165, 1.54) is 4.31 Å². The van der Waals surface area contributed by atoms with Crippen LogP contribution in [0.25, 0.3) is 0 Å². The van der Waals surface area contributed by atoms with Gasteiger partial charge in [-0.25, -0.2) is 8.42 Å². The first-order valence-electron chi connectivity index (χ1n) is 6.17. The number of aliphatic hydroxyl groups excluding tert-OH is 1. The van der Waals surface area contributed by atoms with Gasteiger partial charge >= 0.3 is 0 Å². The average molecular weight is 269 g/mol. The second-order valence-corrected chi connectivity index (χ2v) is 6.83. The first-order valence-corrected chi connectivity index (χ1v) is 7.61. The second-order valence-electron chi connectivity index (χ2n) is 4.93. The number of sulfonamides is 1. The van der Waals surface area contributed by atoms with Crippen molar-refractivity contribution in [2.75, 3.05) is 13.1 Å². The van der Waals surface area contributed by atoms with Crippen molar-refractivity contribution in [1.82, 2.24) is 4.31 Å². The molecule has 1 aliphatic rings. The van der Waals surface area contributed by atoms with Crippen LogP contribution in [0.5, 0.6) is 0 Å². The van der Waals surface area contributed by atoms with Crippen LogP contribution in [0, 0.1) is 13.8 Å². The summed E-state index contributed by atoms with van der Waals surface area (Å²) < 4.78 is 26.4. The van der Waals surface area contributed by atoms with Crippen molar-refractivity contribution in [2.45, 2.75) is 37.7 Å². The van der Waals surface area contributed by atoms with Crippen molar-refractivity contribution in [1.29, 1.82) is 0 Å². The Hall–Kier alpha value is -0.910. The average Bonchev–Trinajstić information content (AvgIpc) is 2.32. The summed E-state index contributed by atoms with van der Waals surface area (Å²) >= 11 is 0. The Kier molecular flexibility index (Phi) is 3.75. The maximum absolute atomic E-state index is 12.5. The number of hydrogen-bond donors (Lipinski definition) is 1. The van der Waals surface area contributed by atoms with Crippen LogP contribution in [0.2, 0.25) is 0 Å². The molecule has 1 aliphatic heterocycles. The van der Waals surface area contributed by atoms with Crippen molar-refractivity contribution in [3.63, 3.8) is 0 Å². The number of benzene rings is 1. The number of aryl methyl sites for hydroxylation is 2. The van der Waals surface area contributed by atoms with Crippen LogP contribution < -0.4 is 0 Å². The summed E-state index contributed by atoms with van der Waals surface area (Å²) in [7, 11) is -3.47. The molecule has 1 N–H and O–H groups in total. The largest absolute Gasteiger partial charge is 0.392 e. The molecule has 18 heavy (non-hydrogen) atoms. The molecule has 0 aliphatic carbocycles. The standard InChI is InChI=1S/C13H19NO3S/c1-10-5-6-11(2)13(8-10)18(16,17)14-7-3-4-12(15)9-14/h5-6,8,12,15H,3-4,7,9H2,1-2H3. The monoisotopic (exact) mass is 269 g/mol. The number of nitrogens with zero attached hydrogens (tertiary/aromatic N) is 1. The van der Waals surface area contributed by atoms with E-state index in [4.69, 9.17) is 0 Å². The van der Waals surface area contributed by atoms with Crippen LogP contribution in [0.1, 0.15) is 24.0 Å². The van der Waals surface area contributed by atoms with E-state index in [2.05, 4.69) is 0 Å². The van der Waals surface area contributed by atoms with Crippen LogP contribution in [-0.4, -0.2) is 37.0 Å². The Bertz CT molecular complexity index is 539. The number of β-amino-alcohol motifs (C(OH)–C–C–N with tert-alkyl or cyclic N) is 1. The van der Waals surface area contributed by atoms with Crippen molar-refractivity contribution >= 4 is 10.0 Å². The van der Waals surface area contributed by atoms with Gasteiger partial charge in [-0.05, 0) is 43.9 Å². The third-order valence-electron chi connectivity index (χ3n) is 3.32. The molecule has 100 valence electrons. The Labute approximate surface area is 108 Å². The van der Waals surface area contributed by atoms with E-state index in [1.54, 1.807) is 13.0 Å². The zero-order valence-electron chi connectivity index (χ0n) is 10.8. The molecule has 5 heteroatoms. The minimum absolute atomic E-state index is 0.204. The van der Waals surface area contributed by atoms with Crippen molar-refractivity contribution in [3.05, 3.63) is 29.3 Å². The Morgan fingerprint density at radius 2 is 2.06 bits per heavy atom. The smallest absolute Gasteiger partial charge is 0.243 e. The molecule has 2 rings (SSSR count). The topological polar surface area (TPSA) is 57.6 Å². The lowest BCUT2D eigenvalue weighted by molar-refractivity contribution is 0.108. The highest BCUT2D eigenvalue weighted by Gasteiger charge is 2.30. The van der Waals surface area contributed by atoms with Crippen molar-refractivity contribution < 1.29 is 13.5 Å². The van der Waals surface area contributed by atoms with Gasteiger partial charge in [-0.3, -0.25) is 0 Å². The Morgan fingerprint density at radius 3 is 2.72 bits per heavy atom. The molecule has 1 aromatic carbocycles. The summed E-state index contributed by atoms with van der Waals surface area (Å²) in [6, 6.07) is 5.42. The lowest BCUT2D eigenvalue weighted by Gasteiger charge is -2.29. The molecule has 0 aromatic heterocycles. The molecular formula is C13H19NO3S. The predicted octanol–water partition coefficient (Wildman–Crippen LogP) is 1.45. The molecule has 1 fully saturated rings. The highest BCUT2D eigenvalue weighted by atomic mass is 32.2. The van der Waals surface area contributed by atoms with Gasteiger partial charge in [-0.1, -0.05) is 12.1 Å². The summed E-state index contributed by atoms with van der Waals surface area (Å²) in [5.74, 6) is 0. The molecule has 1 saturated heterocycles. The summed E-state index contributed by atoms with van der Waals surface area (Å²) in [6.07, 6.45) is 0.850. The van der Waals surface area contributed by atoms with Gasteiger partial charge in [0.05, 0.1) is 11.0 Å². The first-order chi connectivity index (χ1) is 8.41. The zero-order valence-corrected chi connectivity index (χ0v) is 11.6. The Morgan fingerprint density at radius 1 is 1.33 bits per heavy atom. The van der Waals surface area contributed by atoms with Gasteiger partial charge < -0.3 is 5.11 Å². The van der Waals surface area contributed by atoms with Crippen LogP contribution in [-0.2, 0) is 10.0 Å². The molecule has 4 nitrogen and oxygen atoms in total. The normalized spacial score (nSPS) is 22.1. The van der Waals surface area contributed by atoms with E-state index in [0.29, 0.717) is 24.3 Å². The molecule has 0 amide bonds. The van der Waals surface area contributed by atoms with Crippen molar-refractivity contribution in [2.24, 2.45) is 0 Å². The number of rotatable bonds is 2. The molecule has 1 aromatic rings. The van der Waals surface area contributed by atoms with E-state index >= 15 is 0 Å². The van der Waals surface area contributed by atoms with Crippen LogP contribution >= 0.6 is 0 Å². The van der Waals surface area contributed by atoms with E-state index in [9.17, 15) is 13.5 Å². The Balaban J connectivity index is 2.38. The SMILES string of the molecule is Cc1ccc(C)c(S(=O)(=O)N2CCCC(O)C2)c1. The summed E-state index contributed by atoms with van der Waals surface area (Å²) in [5.41, 5.74) is 1.68. The summed E-state index contributed by atoms with van der Waals surface area (Å²) in [4.78, 5) is 0.358. The van der Waals surface area contributed by atoms with Crippen LogP contribution in [0.15, 0.2) is 23.1 Å². The molecule has 0 saturated carbocycles. The fraction of sp³-hybridized carbons (Fsp3) is 0.538. The van der Waals surface area contributed by atoms with E-state index in [0.717, 1.165) is 11.1 Å². The highest BCUT2D eigenvalue weighted by Crippen LogP contribution is 2.24. The van der Waals surface area contributed by atoms with Gasteiger partial charge in [0.15, 0.2) is 0 Å². The molecule has 1 unspecified atom stereocenters. The summed E-state index contributed by atoms with van der Waals surface area (Å²) in [5, 5.41) is 9.61. The van der Waals surface area contributed by atoms with Gasteiger partial charge in [0, 0.05) is 13.1 Å². The molecular weight excluding hydrogens is 250 g/mol. The van der Waals surface area contributed by atoms with Gasteiger partial charge in [0.2, 0.25) is 10.0 Å². The zero-order chi connectivity index (χ0) is 13.3. The lowest BCUT2D eigenvalue weighted by atomic mass is 10.1. The predicted molar refractivity (Wildman–Crippen MR) is 69.9 cm³/mol. The van der Waals surface area contributed by atoms with Crippen LogP contribution in [0.3, 0.4) is 0 Å². The van der Waals surface area contributed by atoms with Gasteiger partial charge in [-0.15, -0.1) is 0 Å². The summed E-state index contributed by atoms with van der Waals surface area (Å²) in [6.45, 7) is 4.37. The molecule has 1 heterocycles. The number of piperidine rings is 1. The highest BCUT2D eigenvalue weighted by molar-refractivity contribution is 7.89.